The number of nitrogens with one attached hydrogen (secondary N) is 1. The van der Waals surface area contributed by atoms with Crippen molar-refractivity contribution in [2.75, 3.05) is 29.9 Å². The second-order valence-corrected chi connectivity index (χ2v) is 7.63. The maximum atomic E-state index is 13.3. The van der Waals surface area contributed by atoms with Crippen LogP contribution in [0.15, 0.2) is 36.4 Å². The molecule has 0 radical (unpaired) electrons. The molecule has 3 amide bonds. The molecule has 2 aromatic rings. The van der Waals surface area contributed by atoms with Crippen molar-refractivity contribution in [3.05, 3.63) is 58.7 Å². The number of nitrogens with two attached hydrogens (primary N) is 1. The molecular formula is C22H22F3N5O2. The van der Waals surface area contributed by atoms with Gasteiger partial charge in [0.1, 0.15) is 6.04 Å². The third-order valence-electron chi connectivity index (χ3n) is 5.52. The molecule has 0 bridgehead atoms. The second kappa shape index (κ2) is 8.78. The van der Waals surface area contributed by atoms with Gasteiger partial charge in [-0.15, -0.1) is 0 Å². The van der Waals surface area contributed by atoms with Gasteiger partial charge in [-0.1, -0.05) is 6.07 Å². The fourth-order valence-electron chi connectivity index (χ4n) is 3.58. The first kappa shape index (κ1) is 22.9. The van der Waals surface area contributed by atoms with Gasteiger partial charge in [-0.05, 0) is 55.3 Å². The molecule has 3 N–H and O–H groups in total. The molecule has 1 aliphatic heterocycles. The first-order chi connectivity index (χ1) is 15.0. The molecule has 32 heavy (non-hydrogen) atoms. The number of rotatable bonds is 3. The van der Waals surface area contributed by atoms with Gasteiger partial charge in [0.05, 0.1) is 17.2 Å². The zero-order chi connectivity index (χ0) is 23.6. The van der Waals surface area contributed by atoms with Gasteiger partial charge >= 0.3 is 12.2 Å². The highest BCUT2D eigenvalue weighted by Gasteiger charge is 2.37. The van der Waals surface area contributed by atoms with Gasteiger partial charge in [-0.25, -0.2) is 4.79 Å². The molecule has 1 heterocycles. The summed E-state index contributed by atoms with van der Waals surface area (Å²) in [4.78, 5) is 27.7. The Labute approximate surface area is 183 Å². The standard InChI is InChI=1S/C22H22F3N5O2/c1-13-3-5-16(9-14(13)2)28-21(32)30-8-7-29(12-19(30)20(27)31)17-6-4-15(11-26)18(10-17)22(23,24)25/h3-6,9-10,19H,7-8,12H2,1-2H3,(H2,27,31)(H,28,32). The molecule has 1 saturated heterocycles. The molecule has 1 fully saturated rings. The van der Waals surface area contributed by atoms with Crippen molar-refractivity contribution >= 4 is 23.3 Å². The van der Waals surface area contributed by atoms with Gasteiger partial charge in [0.15, 0.2) is 0 Å². The highest BCUT2D eigenvalue weighted by atomic mass is 19.4. The average molecular weight is 445 g/mol. The number of hydrogen-bond donors (Lipinski definition) is 2. The Kier molecular flexibility index (Phi) is 6.30. The minimum Gasteiger partial charge on any atom is -0.368 e. The fourth-order valence-corrected chi connectivity index (χ4v) is 3.58. The maximum Gasteiger partial charge on any atom is 0.417 e. The van der Waals surface area contributed by atoms with Crippen LogP contribution in [0.4, 0.5) is 29.3 Å². The molecule has 3 rings (SSSR count). The Morgan fingerprint density at radius 1 is 1.12 bits per heavy atom. The molecular weight excluding hydrogens is 423 g/mol. The van der Waals surface area contributed by atoms with Crippen molar-refractivity contribution in [2.24, 2.45) is 5.73 Å². The zero-order valence-corrected chi connectivity index (χ0v) is 17.5. The molecule has 1 atom stereocenters. The lowest BCUT2D eigenvalue weighted by molar-refractivity contribution is -0.137. The van der Waals surface area contributed by atoms with Crippen LogP contribution in [0.25, 0.3) is 0 Å². The molecule has 168 valence electrons. The number of carbonyl (C=O) groups is 2. The third kappa shape index (κ3) is 4.77. The van der Waals surface area contributed by atoms with Crippen LogP contribution < -0.4 is 16.0 Å². The molecule has 0 spiro atoms. The molecule has 0 aromatic heterocycles. The van der Waals surface area contributed by atoms with Gasteiger partial charge in [-0.3, -0.25) is 4.79 Å². The van der Waals surface area contributed by atoms with Crippen LogP contribution in [0.1, 0.15) is 22.3 Å². The van der Waals surface area contributed by atoms with Crippen LogP contribution in [0.5, 0.6) is 0 Å². The van der Waals surface area contributed by atoms with E-state index in [-0.39, 0.29) is 25.3 Å². The largest absolute Gasteiger partial charge is 0.417 e. The number of nitriles is 1. The SMILES string of the molecule is Cc1ccc(NC(=O)N2CCN(c3ccc(C#N)c(C(F)(F)F)c3)CC2C(N)=O)cc1C. The number of halogens is 3. The number of nitrogens with zero attached hydrogens (tertiary/aromatic N) is 3. The highest BCUT2D eigenvalue weighted by molar-refractivity contribution is 5.94. The summed E-state index contributed by atoms with van der Waals surface area (Å²) in [5, 5.41) is 11.7. The first-order valence-electron chi connectivity index (χ1n) is 9.81. The third-order valence-corrected chi connectivity index (χ3v) is 5.52. The van der Waals surface area contributed by atoms with E-state index in [9.17, 15) is 22.8 Å². The number of benzene rings is 2. The van der Waals surface area contributed by atoms with E-state index < -0.39 is 35.3 Å². The number of urea groups is 1. The summed E-state index contributed by atoms with van der Waals surface area (Å²) in [5.74, 6) is -0.769. The minimum atomic E-state index is -4.70. The summed E-state index contributed by atoms with van der Waals surface area (Å²) in [5.41, 5.74) is 6.77. The molecule has 1 aliphatic rings. The van der Waals surface area contributed by atoms with Crippen LogP contribution in [0, 0.1) is 25.2 Å². The Bertz CT molecular complexity index is 1090. The number of primary amides is 1. The van der Waals surface area contributed by atoms with Crippen molar-refractivity contribution in [1.82, 2.24) is 4.90 Å². The quantitative estimate of drug-likeness (QED) is 0.756. The van der Waals surface area contributed by atoms with Gasteiger partial charge in [0.25, 0.3) is 0 Å². The predicted molar refractivity (Wildman–Crippen MR) is 113 cm³/mol. The highest BCUT2D eigenvalue weighted by Crippen LogP contribution is 2.35. The predicted octanol–water partition coefficient (Wildman–Crippen LogP) is 3.40. The fraction of sp³-hybridized carbons (Fsp3) is 0.318. The van der Waals surface area contributed by atoms with Gasteiger partial charge in [0, 0.05) is 31.0 Å². The number of aryl methyl sites for hydroxylation is 2. The zero-order valence-electron chi connectivity index (χ0n) is 17.5. The van der Waals surface area contributed by atoms with Crippen molar-refractivity contribution < 1.29 is 22.8 Å². The second-order valence-electron chi connectivity index (χ2n) is 7.63. The Balaban J connectivity index is 1.81. The van der Waals surface area contributed by atoms with Gasteiger partial charge in [-0.2, -0.15) is 18.4 Å². The van der Waals surface area contributed by atoms with Crippen molar-refractivity contribution in [3.63, 3.8) is 0 Å². The Morgan fingerprint density at radius 2 is 1.84 bits per heavy atom. The molecule has 2 aromatic carbocycles. The summed E-state index contributed by atoms with van der Waals surface area (Å²) in [7, 11) is 0. The van der Waals surface area contributed by atoms with E-state index in [1.807, 2.05) is 19.9 Å². The molecule has 0 aliphatic carbocycles. The first-order valence-corrected chi connectivity index (χ1v) is 9.81. The average Bonchev–Trinajstić information content (AvgIpc) is 2.74. The smallest absolute Gasteiger partial charge is 0.368 e. The summed E-state index contributed by atoms with van der Waals surface area (Å²) in [6.07, 6.45) is -4.70. The van der Waals surface area contributed by atoms with Crippen molar-refractivity contribution in [3.8, 4) is 6.07 Å². The Morgan fingerprint density at radius 3 is 2.44 bits per heavy atom. The van der Waals surface area contributed by atoms with E-state index in [1.54, 1.807) is 17.0 Å². The summed E-state index contributed by atoms with van der Waals surface area (Å²) < 4.78 is 39.9. The number of piperazine rings is 1. The van der Waals surface area contributed by atoms with E-state index >= 15 is 0 Å². The lowest BCUT2D eigenvalue weighted by atomic mass is 10.0. The molecule has 10 heteroatoms. The van der Waals surface area contributed by atoms with E-state index in [4.69, 9.17) is 11.0 Å². The van der Waals surface area contributed by atoms with E-state index in [0.717, 1.165) is 23.3 Å². The van der Waals surface area contributed by atoms with Gasteiger partial charge in [0.2, 0.25) is 5.91 Å². The molecule has 1 unspecified atom stereocenters. The van der Waals surface area contributed by atoms with Crippen molar-refractivity contribution in [1.29, 1.82) is 5.26 Å². The topological polar surface area (TPSA) is 102 Å². The van der Waals surface area contributed by atoms with E-state index in [2.05, 4.69) is 5.32 Å². The summed E-state index contributed by atoms with van der Waals surface area (Å²) in [6, 6.07) is 8.73. The van der Waals surface area contributed by atoms with Crippen LogP contribution in [0.2, 0.25) is 0 Å². The van der Waals surface area contributed by atoms with Crippen LogP contribution in [0.3, 0.4) is 0 Å². The van der Waals surface area contributed by atoms with Crippen molar-refractivity contribution in [2.45, 2.75) is 26.1 Å². The van der Waals surface area contributed by atoms with Crippen LogP contribution >= 0.6 is 0 Å². The van der Waals surface area contributed by atoms with Crippen LogP contribution in [-0.2, 0) is 11.0 Å². The summed E-state index contributed by atoms with van der Waals surface area (Å²) in [6.45, 7) is 4.04. The summed E-state index contributed by atoms with van der Waals surface area (Å²) >= 11 is 0. The molecule has 7 nitrogen and oxygen atoms in total. The maximum absolute atomic E-state index is 13.3. The number of alkyl halides is 3. The number of carbonyl (C=O) groups excluding carboxylic acids is 2. The normalized spacial score (nSPS) is 16.4. The molecule has 0 saturated carbocycles. The number of anilines is 2. The number of amides is 3. The van der Waals surface area contributed by atoms with Gasteiger partial charge < -0.3 is 20.9 Å². The lowest BCUT2D eigenvalue weighted by Crippen LogP contribution is -2.60. The Hall–Kier alpha value is -3.74. The van der Waals surface area contributed by atoms with E-state index in [0.29, 0.717) is 5.69 Å². The van der Waals surface area contributed by atoms with Crippen LogP contribution in [-0.4, -0.2) is 42.5 Å². The minimum absolute atomic E-state index is 0.0706. The lowest BCUT2D eigenvalue weighted by Gasteiger charge is -2.41. The van der Waals surface area contributed by atoms with E-state index in [1.165, 1.54) is 17.0 Å². The monoisotopic (exact) mass is 445 g/mol. The number of hydrogen-bond acceptors (Lipinski definition) is 4.